The van der Waals surface area contributed by atoms with E-state index in [9.17, 15) is 10.1 Å². The maximum absolute atomic E-state index is 12.5. The van der Waals surface area contributed by atoms with Gasteiger partial charge in [-0.3, -0.25) is 9.99 Å². The van der Waals surface area contributed by atoms with Crippen molar-refractivity contribution in [3.8, 4) is 23.0 Å². The molecule has 0 spiro atoms. The third kappa shape index (κ3) is 5.71. The molecule has 0 bridgehead atoms. The first-order valence-electron chi connectivity index (χ1n) is 11.4. The van der Waals surface area contributed by atoms with Gasteiger partial charge in [-0.05, 0) is 43.7 Å². The largest absolute Gasteiger partial charge is 0.462 e. The molecule has 0 aliphatic heterocycles. The van der Waals surface area contributed by atoms with Gasteiger partial charge in [-0.25, -0.2) is 4.79 Å². The van der Waals surface area contributed by atoms with Crippen LogP contribution >= 0.6 is 11.3 Å². The van der Waals surface area contributed by atoms with Crippen molar-refractivity contribution in [2.75, 3.05) is 11.9 Å². The molecule has 0 aliphatic carbocycles. The molecule has 3 aromatic carbocycles. The predicted octanol–water partition coefficient (Wildman–Crippen LogP) is 5.33. The lowest BCUT2D eigenvalue weighted by atomic mass is 10.1. The number of carbonyl (C=O) groups excluding carboxylic acids is 1. The highest BCUT2D eigenvalue weighted by Gasteiger charge is 2.18. The van der Waals surface area contributed by atoms with Gasteiger partial charge in [-0.1, -0.05) is 66.2 Å². The summed E-state index contributed by atoms with van der Waals surface area (Å²) in [7, 11) is 0. The van der Waals surface area contributed by atoms with E-state index >= 15 is 0 Å². The van der Waals surface area contributed by atoms with Crippen molar-refractivity contribution in [3.05, 3.63) is 112 Å². The minimum absolute atomic E-state index is 0.133. The summed E-state index contributed by atoms with van der Waals surface area (Å²) in [6.45, 7) is 3.83. The number of para-hydroxylation sites is 1. The standard InChI is InChI=1S/C28H25N5O2S/c1-3-35-27(34)24(18-29)26(30-22-16-14-20(2)15-17-22)31-32-28-33(23-12-8-5-9-13-23)25(19-36-28)21-10-6-4-7-11-21/h4-17,19,30-31H,3H2,1-2H3/b26-24+,32-28-. The molecule has 4 aromatic rings. The third-order valence-electron chi connectivity index (χ3n) is 5.22. The van der Waals surface area contributed by atoms with Crippen LogP contribution in [0.3, 0.4) is 0 Å². The van der Waals surface area contributed by atoms with Crippen molar-refractivity contribution in [2.45, 2.75) is 13.8 Å². The van der Waals surface area contributed by atoms with E-state index in [1.165, 1.54) is 11.3 Å². The first kappa shape index (κ1) is 24.5. The number of ether oxygens (including phenoxy) is 1. The minimum atomic E-state index is -0.732. The van der Waals surface area contributed by atoms with Crippen LogP contribution in [0.1, 0.15) is 12.5 Å². The Bertz CT molecular complexity index is 1460. The summed E-state index contributed by atoms with van der Waals surface area (Å²) in [5.74, 6) is -0.599. The van der Waals surface area contributed by atoms with Crippen LogP contribution in [0, 0.1) is 18.3 Å². The molecule has 0 radical (unpaired) electrons. The Morgan fingerprint density at radius 1 is 1.03 bits per heavy atom. The monoisotopic (exact) mass is 495 g/mol. The van der Waals surface area contributed by atoms with Gasteiger partial charge in [0.25, 0.3) is 0 Å². The van der Waals surface area contributed by atoms with Crippen molar-refractivity contribution in [3.63, 3.8) is 0 Å². The topological polar surface area (TPSA) is 91.4 Å². The number of carbonyl (C=O) groups is 1. The van der Waals surface area contributed by atoms with E-state index in [0.717, 1.165) is 22.5 Å². The van der Waals surface area contributed by atoms with E-state index in [2.05, 4.69) is 15.8 Å². The van der Waals surface area contributed by atoms with Gasteiger partial charge in [0, 0.05) is 16.8 Å². The molecule has 0 unspecified atom stereocenters. The van der Waals surface area contributed by atoms with Crippen LogP contribution in [-0.2, 0) is 9.53 Å². The van der Waals surface area contributed by atoms with E-state index in [1.807, 2.05) is 108 Å². The van der Waals surface area contributed by atoms with Crippen LogP contribution in [0.25, 0.3) is 16.9 Å². The smallest absolute Gasteiger partial charge is 0.352 e. The van der Waals surface area contributed by atoms with E-state index in [-0.39, 0.29) is 18.0 Å². The van der Waals surface area contributed by atoms with Crippen LogP contribution in [0.5, 0.6) is 0 Å². The minimum Gasteiger partial charge on any atom is -0.462 e. The van der Waals surface area contributed by atoms with Gasteiger partial charge >= 0.3 is 5.97 Å². The lowest BCUT2D eigenvalue weighted by Crippen LogP contribution is -2.25. The molecule has 0 aliphatic rings. The second-order valence-corrected chi connectivity index (χ2v) is 8.57. The highest BCUT2D eigenvalue weighted by Crippen LogP contribution is 2.23. The van der Waals surface area contributed by atoms with Gasteiger partial charge in [0.15, 0.2) is 5.57 Å². The van der Waals surface area contributed by atoms with Crippen molar-refractivity contribution in [2.24, 2.45) is 5.10 Å². The van der Waals surface area contributed by atoms with E-state index in [4.69, 9.17) is 4.74 Å². The van der Waals surface area contributed by atoms with Crippen LogP contribution in [0.4, 0.5) is 5.69 Å². The molecule has 0 saturated carbocycles. The Labute approximate surface area is 213 Å². The Balaban J connectivity index is 1.81. The number of hydrogen-bond donors (Lipinski definition) is 2. The molecule has 1 heterocycles. The first-order valence-corrected chi connectivity index (χ1v) is 12.2. The fraction of sp³-hybridized carbons (Fsp3) is 0.107. The van der Waals surface area contributed by atoms with Gasteiger partial charge in [-0.15, -0.1) is 16.4 Å². The summed E-state index contributed by atoms with van der Waals surface area (Å²) in [4.78, 5) is 13.2. The predicted molar refractivity (Wildman–Crippen MR) is 142 cm³/mol. The van der Waals surface area contributed by atoms with Crippen LogP contribution in [0.2, 0.25) is 0 Å². The fourth-order valence-corrected chi connectivity index (χ4v) is 4.33. The Kier molecular flexibility index (Phi) is 7.96. The van der Waals surface area contributed by atoms with Crippen molar-refractivity contribution < 1.29 is 9.53 Å². The molecule has 0 fully saturated rings. The number of benzene rings is 3. The summed E-state index contributed by atoms with van der Waals surface area (Å²) >= 11 is 1.44. The maximum Gasteiger partial charge on any atom is 0.352 e. The molecule has 4 rings (SSSR count). The molecular formula is C28H25N5O2S. The summed E-state index contributed by atoms with van der Waals surface area (Å²) in [6, 6.07) is 29.4. The quantitative estimate of drug-likeness (QED) is 0.149. The van der Waals surface area contributed by atoms with E-state index < -0.39 is 5.97 Å². The number of aromatic nitrogens is 1. The number of esters is 1. The summed E-state index contributed by atoms with van der Waals surface area (Å²) in [5, 5.41) is 19.5. The summed E-state index contributed by atoms with van der Waals surface area (Å²) < 4.78 is 7.12. The van der Waals surface area contributed by atoms with Gasteiger partial charge in [-0.2, -0.15) is 5.26 Å². The van der Waals surface area contributed by atoms with Gasteiger partial charge in [0.05, 0.1) is 12.3 Å². The molecule has 1 aromatic heterocycles. The van der Waals surface area contributed by atoms with Crippen molar-refractivity contribution in [1.29, 1.82) is 5.26 Å². The zero-order chi connectivity index (χ0) is 25.3. The highest BCUT2D eigenvalue weighted by atomic mass is 32.1. The van der Waals surface area contributed by atoms with Crippen LogP contribution < -0.4 is 15.5 Å². The average Bonchev–Trinajstić information content (AvgIpc) is 3.34. The summed E-state index contributed by atoms with van der Waals surface area (Å²) in [6.07, 6.45) is 0. The van der Waals surface area contributed by atoms with Gasteiger partial charge in [0.2, 0.25) is 4.80 Å². The third-order valence-corrected chi connectivity index (χ3v) is 6.04. The molecule has 0 saturated heterocycles. The second-order valence-electron chi connectivity index (χ2n) is 7.74. The fourth-order valence-electron chi connectivity index (χ4n) is 3.46. The molecule has 0 amide bonds. The molecule has 180 valence electrons. The number of nitrogens with zero attached hydrogens (tertiary/aromatic N) is 3. The highest BCUT2D eigenvalue weighted by molar-refractivity contribution is 7.07. The van der Waals surface area contributed by atoms with Crippen molar-refractivity contribution >= 4 is 23.0 Å². The van der Waals surface area contributed by atoms with Crippen LogP contribution in [0.15, 0.2) is 107 Å². The normalized spacial score (nSPS) is 11.9. The molecule has 8 heteroatoms. The van der Waals surface area contributed by atoms with Crippen molar-refractivity contribution in [1.82, 2.24) is 9.99 Å². The zero-order valence-corrected chi connectivity index (χ0v) is 20.8. The molecule has 0 atom stereocenters. The average molecular weight is 496 g/mol. The van der Waals surface area contributed by atoms with E-state index in [0.29, 0.717) is 10.5 Å². The number of nitriles is 1. The lowest BCUT2D eigenvalue weighted by Gasteiger charge is -2.13. The van der Waals surface area contributed by atoms with Crippen LogP contribution in [-0.4, -0.2) is 17.1 Å². The SMILES string of the molecule is CCOC(=O)/C(C#N)=C(/N/N=c1\scc(-c2ccccc2)n1-c1ccccc1)Nc1ccc(C)cc1. The number of aryl methyl sites for hydroxylation is 1. The van der Waals surface area contributed by atoms with E-state index in [1.54, 1.807) is 6.92 Å². The zero-order valence-electron chi connectivity index (χ0n) is 19.9. The number of nitrogens with one attached hydrogen (secondary N) is 2. The molecule has 2 N–H and O–H groups in total. The first-order chi connectivity index (χ1) is 17.6. The Morgan fingerprint density at radius 2 is 1.69 bits per heavy atom. The maximum atomic E-state index is 12.5. The molecular weight excluding hydrogens is 470 g/mol. The number of thiazole rings is 1. The second kappa shape index (κ2) is 11.7. The molecule has 36 heavy (non-hydrogen) atoms. The number of rotatable bonds is 8. The number of hydrogen-bond acceptors (Lipinski definition) is 7. The van der Waals surface area contributed by atoms with Gasteiger partial charge < -0.3 is 10.1 Å². The van der Waals surface area contributed by atoms with Gasteiger partial charge in [0.1, 0.15) is 11.9 Å². The number of anilines is 1. The lowest BCUT2D eigenvalue weighted by molar-refractivity contribution is -0.138. The molecule has 7 nitrogen and oxygen atoms in total. The Morgan fingerprint density at radius 3 is 2.33 bits per heavy atom. The summed E-state index contributed by atoms with van der Waals surface area (Å²) in [5.41, 5.74) is 7.45. The Hall–Kier alpha value is -4.61.